The van der Waals surface area contributed by atoms with E-state index >= 15 is 0 Å². The van der Waals surface area contributed by atoms with E-state index in [9.17, 15) is 24.9 Å². The van der Waals surface area contributed by atoms with E-state index in [0.717, 1.165) is 19.3 Å². The summed E-state index contributed by atoms with van der Waals surface area (Å²) in [5, 5.41) is 40.3. The fourth-order valence-electron chi connectivity index (χ4n) is 7.00. The molecule has 1 aromatic carbocycles. The van der Waals surface area contributed by atoms with Gasteiger partial charge in [0.15, 0.2) is 5.82 Å². The first kappa shape index (κ1) is 49.8. The number of rotatable bonds is 33. The third-order valence-corrected chi connectivity index (χ3v) is 11.9. The van der Waals surface area contributed by atoms with Crippen molar-refractivity contribution in [1.29, 1.82) is 5.26 Å². The number of ether oxygens (including phenoxy) is 3. The summed E-state index contributed by atoms with van der Waals surface area (Å²) in [6.45, 7) is 3.28. The molecule has 0 radical (unpaired) electrons. The van der Waals surface area contributed by atoms with Crippen molar-refractivity contribution in [3.05, 3.63) is 66.1 Å². The van der Waals surface area contributed by atoms with Gasteiger partial charge in [-0.3, -0.25) is 9.05 Å². The van der Waals surface area contributed by atoms with E-state index in [2.05, 4.69) is 33.2 Å². The Balaban J connectivity index is 1.24. The van der Waals surface area contributed by atoms with E-state index in [4.69, 9.17) is 29.0 Å². The van der Waals surface area contributed by atoms with Gasteiger partial charge in [-0.2, -0.15) is 15.5 Å². The van der Waals surface area contributed by atoms with Crippen molar-refractivity contribution in [2.45, 2.75) is 147 Å². The number of aromatic nitrogens is 6. The molecule has 0 aliphatic carbocycles. The lowest BCUT2D eigenvalue weighted by atomic mass is 9.93. The van der Waals surface area contributed by atoms with Crippen LogP contribution in [-0.4, -0.2) is 95.8 Å². The highest BCUT2D eigenvalue weighted by atomic mass is 31.2. The van der Waals surface area contributed by atoms with Crippen LogP contribution in [0.15, 0.2) is 49.3 Å². The van der Waals surface area contributed by atoms with Gasteiger partial charge in [-0.15, -0.1) is 0 Å². The van der Waals surface area contributed by atoms with Gasteiger partial charge in [0.2, 0.25) is 0 Å². The third-order valence-electron chi connectivity index (χ3n) is 10.9. The highest BCUT2D eigenvalue weighted by molar-refractivity contribution is 7.47. The molecule has 18 heteroatoms. The normalized spacial score (nSPS) is 15.3. The van der Waals surface area contributed by atoms with E-state index in [-0.39, 0.29) is 31.3 Å². The second-order valence-corrected chi connectivity index (χ2v) is 17.2. The second-order valence-electron chi connectivity index (χ2n) is 15.8. The van der Waals surface area contributed by atoms with Gasteiger partial charge in [0.05, 0.1) is 43.4 Å². The number of nitrogen functional groups attached to an aromatic ring is 1. The maximum atomic E-state index is 13.2. The molecule has 5 atom stereocenters. The Labute approximate surface area is 360 Å². The zero-order valence-electron chi connectivity index (χ0n) is 36.1. The zero-order chi connectivity index (χ0) is 43.9. The van der Waals surface area contributed by atoms with Crippen LogP contribution >= 0.6 is 7.82 Å². The summed E-state index contributed by atoms with van der Waals surface area (Å²) in [4.78, 5) is 18.6. The summed E-state index contributed by atoms with van der Waals surface area (Å²) in [5.41, 5.74) is 6.46. The lowest BCUT2D eigenvalue weighted by molar-refractivity contribution is -0.155. The van der Waals surface area contributed by atoms with E-state index in [1.807, 2.05) is 0 Å². The molecule has 4 aromatic rings. The van der Waals surface area contributed by atoms with Crippen molar-refractivity contribution in [3.63, 3.8) is 0 Å². The molecule has 61 heavy (non-hydrogen) atoms. The molecule has 4 rings (SSSR count). The molecule has 0 spiro atoms. The lowest BCUT2D eigenvalue weighted by Gasteiger charge is -2.35. The molecule has 0 fully saturated rings. The number of hydrogen-bond acceptors (Lipinski definition) is 14. The number of nitrogens with two attached hydrogens (primary N) is 1. The quantitative estimate of drug-likeness (QED) is 0.0267. The number of phosphoric ester groups is 1. The Morgan fingerprint density at radius 1 is 0.885 bits per heavy atom. The minimum absolute atomic E-state index is 0.0517. The number of fused-ring (bicyclic) bond motifs is 1. The van der Waals surface area contributed by atoms with Crippen LogP contribution in [0.1, 0.15) is 140 Å². The van der Waals surface area contributed by atoms with Crippen molar-refractivity contribution in [1.82, 2.24) is 29.4 Å². The number of nitriles is 1. The van der Waals surface area contributed by atoms with Gasteiger partial charge >= 0.3 is 7.82 Å². The van der Waals surface area contributed by atoms with E-state index in [1.54, 1.807) is 24.3 Å². The number of aliphatic hydroxyl groups is 2. The number of benzene rings is 1. The molecule has 5 N–H and O–H groups in total. The van der Waals surface area contributed by atoms with Gasteiger partial charge in [-0.1, -0.05) is 109 Å². The fraction of sp³-hybridized carbons (Fsp3) is 0.651. The minimum atomic E-state index is -4.76. The second kappa shape index (κ2) is 26.6. The Hall–Kier alpha value is -3.82. The van der Waals surface area contributed by atoms with Gasteiger partial charge in [0, 0.05) is 13.7 Å². The summed E-state index contributed by atoms with van der Waals surface area (Å²) in [5.74, 6) is 0.181. The predicted molar refractivity (Wildman–Crippen MR) is 231 cm³/mol. The lowest BCUT2D eigenvalue weighted by Crippen LogP contribution is -2.48. The molecule has 3 aromatic heterocycles. The molecule has 0 aliphatic heterocycles. The monoisotopic (exact) mass is 870 g/mol. The summed E-state index contributed by atoms with van der Waals surface area (Å²) in [7, 11) is -3.49. The van der Waals surface area contributed by atoms with Crippen molar-refractivity contribution in [2.75, 3.05) is 39.3 Å². The number of methoxy groups -OCH3 is 1. The Morgan fingerprint density at radius 2 is 1.54 bits per heavy atom. The summed E-state index contributed by atoms with van der Waals surface area (Å²) in [6, 6.07) is 10.5. The number of aliphatic hydroxyl groups excluding tert-OH is 2. The maximum absolute atomic E-state index is 13.2. The fourth-order valence-corrected chi connectivity index (χ4v) is 7.85. The Bertz CT molecular complexity index is 1930. The smallest absolute Gasteiger partial charge is 0.387 e. The first-order valence-corrected chi connectivity index (χ1v) is 23.2. The number of phosphoric acid groups is 1. The number of unbranched alkanes of at least 4 members (excludes halogenated alkanes) is 15. The van der Waals surface area contributed by atoms with Crippen LogP contribution in [0.2, 0.25) is 0 Å². The molecular weight excluding hydrogens is 803 g/mol. The van der Waals surface area contributed by atoms with E-state index in [0.29, 0.717) is 28.9 Å². The van der Waals surface area contributed by atoms with Crippen LogP contribution in [0, 0.1) is 11.3 Å². The predicted octanol–water partition coefficient (Wildman–Crippen LogP) is 7.56. The Morgan fingerprint density at radius 3 is 2.15 bits per heavy atom. The summed E-state index contributed by atoms with van der Waals surface area (Å²) >= 11 is 0. The SMILES string of the molecule is CCCCCCCCCCCCCCCCCCOC[C@H](COP(=O)(O)OC[C@@](C)(OC)[C@@H](O)[C@@H](O)c1ccc2c(N)ncnn12)OCc1ccc(-n2cncn2)c(C#N)c1. The van der Waals surface area contributed by atoms with Gasteiger partial charge in [-0.25, -0.2) is 23.7 Å². The molecule has 3 heterocycles. The molecule has 0 aliphatic rings. The highest BCUT2D eigenvalue weighted by Crippen LogP contribution is 2.45. The van der Waals surface area contributed by atoms with Gasteiger partial charge in [-0.05, 0) is 43.2 Å². The molecule has 338 valence electrons. The topological polar surface area (TPSA) is 235 Å². The molecule has 17 nitrogen and oxygen atoms in total. The average Bonchev–Trinajstić information content (AvgIpc) is 3.97. The van der Waals surface area contributed by atoms with Crippen molar-refractivity contribution >= 4 is 19.2 Å². The zero-order valence-corrected chi connectivity index (χ0v) is 37.0. The van der Waals surface area contributed by atoms with Gasteiger partial charge in [0.25, 0.3) is 0 Å². The average molecular weight is 871 g/mol. The van der Waals surface area contributed by atoms with Gasteiger partial charge in [0.1, 0.15) is 54.5 Å². The van der Waals surface area contributed by atoms with E-state index in [1.165, 1.54) is 132 Å². The number of anilines is 1. The highest BCUT2D eigenvalue weighted by Gasteiger charge is 2.42. The van der Waals surface area contributed by atoms with Crippen LogP contribution in [-0.2, 0) is 34.4 Å². The van der Waals surface area contributed by atoms with Crippen molar-refractivity contribution in [2.24, 2.45) is 0 Å². The summed E-state index contributed by atoms with van der Waals surface area (Å²) in [6.07, 6.45) is 20.4. The van der Waals surface area contributed by atoms with Gasteiger partial charge < -0.3 is 35.1 Å². The molecular formula is C43H67N8O9P. The van der Waals surface area contributed by atoms with Crippen LogP contribution < -0.4 is 5.73 Å². The molecule has 1 unspecified atom stereocenters. The van der Waals surface area contributed by atoms with Crippen molar-refractivity contribution < 1.29 is 42.9 Å². The van der Waals surface area contributed by atoms with Crippen LogP contribution in [0.5, 0.6) is 0 Å². The number of nitrogens with zero attached hydrogens (tertiary/aromatic N) is 7. The summed E-state index contributed by atoms with van der Waals surface area (Å²) < 4.78 is 44.3. The first-order chi connectivity index (χ1) is 29.5. The third kappa shape index (κ3) is 16.4. The first-order valence-electron chi connectivity index (χ1n) is 21.7. The maximum Gasteiger partial charge on any atom is 0.472 e. The molecule has 0 bridgehead atoms. The molecule has 0 amide bonds. The largest absolute Gasteiger partial charge is 0.472 e. The minimum Gasteiger partial charge on any atom is -0.387 e. The van der Waals surface area contributed by atoms with Crippen LogP contribution in [0.25, 0.3) is 11.2 Å². The van der Waals surface area contributed by atoms with Crippen LogP contribution in [0.3, 0.4) is 0 Å². The van der Waals surface area contributed by atoms with E-state index < -0.39 is 38.3 Å². The molecule has 0 saturated heterocycles. The standard InChI is InChI=1S/C43H67N8O9P/c1-4-5-6-7-8-9-10-11-12-13-14-15-16-17-18-19-24-57-28-36(58-27-34-20-21-37(35(25-34)26-44)50-33-46-31-48-50)29-59-61(54,55)60-30-43(2,56-3)41(53)40(52)38-22-23-39-42(45)47-32-49-51(38)39/h20-23,25,31-33,36,40-41,52-53H,4-19,24,27-30H2,1-3H3,(H,54,55)(H2,45,47,49)/t36-,40+,41+,43-/m1/s1. The molecule has 0 saturated carbocycles. The van der Waals surface area contributed by atoms with Crippen molar-refractivity contribution in [3.8, 4) is 11.8 Å². The Kier molecular flexibility index (Phi) is 21.7. The van der Waals surface area contributed by atoms with Crippen LogP contribution in [0.4, 0.5) is 5.82 Å². The number of hydrogen-bond donors (Lipinski definition) is 4.